The fourth-order valence-corrected chi connectivity index (χ4v) is 2.61. The summed E-state index contributed by atoms with van der Waals surface area (Å²) in [6.45, 7) is 4.20. The van der Waals surface area contributed by atoms with E-state index in [1.54, 1.807) is 0 Å². The molecule has 94 valence electrons. The minimum atomic E-state index is -0.125. The molecule has 0 aromatic rings. The Kier molecular flexibility index (Phi) is 5.26. The van der Waals surface area contributed by atoms with Crippen molar-refractivity contribution in [2.45, 2.75) is 58.0 Å². The van der Waals surface area contributed by atoms with Crippen LogP contribution < -0.4 is 0 Å². The van der Waals surface area contributed by atoms with Crippen LogP contribution in [-0.4, -0.2) is 37.1 Å². The molecule has 0 amide bonds. The van der Waals surface area contributed by atoms with Gasteiger partial charge in [-0.15, -0.1) is 0 Å². The zero-order valence-electron chi connectivity index (χ0n) is 11.0. The van der Waals surface area contributed by atoms with Crippen molar-refractivity contribution in [2.24, 2.45) is 5.92 Å². The van der Waals surface area contributed by atoms with E-state index in [4.69, 9.17) is 4.74 Å². The molecule has 3 heteroatoms. The van der Waals surface area contributed by atoms with Crippen molar-refractivity contribution in [1.29, 1.82) is 0 Å². The van der Waals surface area contributed by atoms with Crippen molar-refractivity contribution in [3.63, 3.8) is 0 Å². The van der Waals surface area contributed by atoms with E-state index >= 15 is 0 Å². The van der Waals surface area contributed by atoms with Gasteiger partial charge in [0.15, 0.2) is 0 Å². The van der Waals surface area contributed by atoms with Gasteiger partial charge in [0, 0.05) is 6.04 Å². The zero-order chi connectivity index (χ0) is 12.1. The number of rotatable bonds is 4. The number of nitrogens with zero attached hydrogens (tertiary/aromatic N) is 1. The van der Waals surface area contributed by atoms with E-state index in [1.165, 1.54) is 39.2 Å². The third-order valence-electron chi connectivity index (χ3n) is 4.12. The fraction of sp³-hybridized carbons (Fsp3) is 0.923. The second-order valence-corrected chi connectivity index (χ2v) is 4.95. The number of methoxy groups -OCH3 is 1. The molecule has 0 aromatic heterocycles. The number of esters is 1. The van der Waals surface area contributed by atoms with Gasteiger partial charge in [0.25, 0.3) is 0 Å². The van der Waals surface area contributed by atoms with Crippen LogP contribution in [0.1, 0.15) is 46.0 Å². The van der Waals surface area contributed by atoms with Crippen molar-refractivity contribution in [3.8, 4) is 0 Å². The van der Waals surface area contributed by atoms with Crippen LogP contribution in [0.5, 0.6) is 0 Å². The molecule has 0 aliphatic heterocycles. The van der Waals surface area contributed by atoms with Crippen LogP contribution in [0.4, 0.5) is 0 Å². The molecule has 0 N–H and O–H groups in total. The van der Waals surface area contributed by atoms with Crippen molar-refractivity contribution < 1.29 is 9.53 Å². The lowest BCUT2D eigenvalue weighted by Crippen LogP contribution is -2.45. The van der Waals surface area contributed by atoms with E-state index in [9.17, 15) is 4.79 Å². The molecule has 1 saturated carbocycles. The summed E-state index contributed by atoms with van der Waals surface area (Å²) in [5, 5.41) is 0. The highest BCUT2D eigenvalue weighted by atomic mass is 16.5. The maximum absolute atomic E-state index is 11.5. The van der Waals surface area contributed by atoms with Gasteiger partial charge in [-0.25, -0.2) is 0 Å². The predicted molar refractivity (Wildman–Crippen MR) is 65.3 cm³/mol. The van der Waals surface area contributed by atoms with Crippen LogP contribution in [0.25, 0.3) is 0 Å². The minimum absolute atomic E-state index is 0.117. The molecule has 1 fully saturated rings. The average Bonchev–Trinajstić information content (AvgIpc) is 2.36. The van der Waals surface area contributed by atoms with Gasteiger partial charge in [-0.3, -0.25) is 9.69 Å². The third-order valence-corrected chi connectivity index (χ3v) is 4.12. The van der Waals surface area contributed by atoms with Gasteiger partial charge >= 0.3 is 5.97 Å². The lowest BCUT2D eigenvalue weighted by Gasteiger charge is -2.36. The van der Waals surface area contributed by atoms with Gasteiger partial charge in [0.05, 0.1) is 7.11 Å². The Morgan fingerprint density at radius 2 is 1.94 bits per heavy atom. The van der Waals surface area contributed by atoms with E-state index in [2.05, 4.69) is 11.8 Å². The maximum Gasteiger partial charge on any atom is 0.322 e. The first-order valence-corrected chi connectivity index (χ1v) is 6.39. The van der Waals surface area contributed by atoms with Crippen LogP contribution in [0.3, 0.4) is 0 Å². The van der Waals surface area contributed by atoms with E-state index < -0.39 is 0 Å². The van der Waals surface area contributed by atoms with E-state index in [0.717, 1.165) is 5.92 Å². The SMILES string of the molecule is CCC1CCC(N(C)C(C)C(=O)OC)CC1. The summed E-state index contributed by atoms with van der Waals surface area (Å²) in [6, 6.07) is 0.435. The number of carbonyl (C=O) groups is 1. The predicted octanol–water partition coefficient (Wildman–Crippen LogP) is 2.45. The minimum Gasteiger partial charge on any atom is -0.468 e. The van der Waals surface area contributed by atoms with Gasteiger partial charge < -0.3 is 4.74 Å². The standard InChI is InChI=1S/C13H25NO2/c1-5-11-6-8-12(9-7-11)14(3)10(2)13(15)16-4/h10-12H,5-9H2,1-4H3. The quantitative estimate of drug-likeness (QED) is 0.691. The Labute approximate surface area is 99.1 Å². The molecule has 16 heavy (non-hydrogen) atoms. The highest BCUT2D eigenvalue weighted by Crippen LogP contribution is 2.29. The van der Waals surface area contributed by atoms with Gasteiger partial charge in [0.2, 0.25) is 0 Å². The number of likely N-dealkylation sites (N-methyl/N-ethyl adjacent to an activating group) is 1. The first-order valence-electron chi connectivity index (χ1n) is 6.39. The van der Waals surface area contributed by atoms with Gasteiger partial charge in [-0.1, -0.05) is 13.3 Å². The Morgan fingerprint density at radius 1 is 1.38 bits per heavy atom. The van der Waals surface area contributed by atoms with Crippen molar-refractivity contribution in [3.05, 3.63) is 0 Å². The molecule has 0 saturated heterocycles. The van der Waals surface area contributed by atoms with Gasteiger partial charge in [0.1, 0.15) is 6.04 Å². The van der Waals surface area contributed by atoms with Crippen molar-refractivity contribution >= 4 is 5.97 Å². The lowest BCUT2D eigenvalue weighted by atomic mass is 9.84. The Bertz CT molecular complexity index is 222. The molecule has 0 heterocycles. The largest absolute Gasteiger partial charge is 0.468 e. The summed E-state index contributed by atoms with van der Waals surface area (Å²) < 4.78 is 4.79. The average molecular weight is 227 g/mol. The van der Waals surface area contributed by atoms with Crippen LogP contribution in [0.2, 0.25) is 0 Å². The topological polar surface area (TPSA) is 29.5 Å². The van der Waals surface area contributed by atoms with Crippen LogP contribution in [0.15, 0.2) is 0 Å². The van der Waals surface area contributed by atoms with E-state index in [0.29, 0.717) is 6.04 Å². The highest BCUT2D eigenvalue weighted by Gasteiger charge is 2.28. The van der Waals surface area contributed by atoms with Crippen molar-refractivity contribution in [2.75, 3.05) is 14.2 Å². The molecule has 3 nitrogen and oxygen atoms in total. The summed E-state index contributed by atoms with van der Waals surface area (Å²) in [6.07, 6.45) is 6.34. The molecule has 1 aliphatic rings. The molecule has 0 bridgehead atoms. The van der Waals surface area contributed by atoms with Crippen LogP contribution in [-0.2, 0) is 9.53 Å². The highest BCUT2D eigenvalue weighted by molar-refractivity contribution is 5.75. The van der Waals surface area contributed by atoms with E-state index in [-0.39, 0.29) is 12.0 Å². The summed E-state index contributed by atoms with van der Waals surface area (Å²) in [5.41, 5.74) is 0. The first-order chi connectivity index (χ1) is 7.60. The Hall–Kier alpha value is -0.570. The second-order valence-electron chi connectivity index (χ2n) is 4.95. The van der Waals surface area contributed by atoms with Crippen molar-refractivity contribution in [1.82, 2.24) is 4.90 Å². The number of hydrogen-bond acceptors (Lipinski definition) is 3. The molecule has 0 spiro atoms. The first kappa shape index (κ1) is 13.5. The van der Waals surface area contributed by atoms with Crippen LogP contribution in [0, 0.1) is 5.92 Å². The summed E-state index contributed by atoms with van der Waals surface area (Å²) in [5.74, 6) is 0.776. The smallest absolute Gasteiger partial charge is 0.322 e. The molecule has 1 atom stereocenters. The summed E-state index contributed by atoms with van der Waals surface area (Å²) in [7, 11) is 3.50. The number of carbonyl (C=O) groups excluding carboxylic acids is 1. The van der Waals surface area contributed by atoms with Gasteiger partial charge in [-0.05, 0) is 45.6 Å². The molecule has 0 radical (unpaired) electrons. The van der Waals surface area contributed by atoms with Crippen LogP contribution >= 0.6 is 0 Å². The van der Waals surface area contributed by atoms with E-state index in [1.807, 2.05) is 14.0 Å². The Balaban J connectivity index is 2.43. The van der Waals surface area contributed by atoms with Gasteiger partial charge in [-0.2, -0.15) is 0 Å². The second kappa shape index (κ2) is 6.24. The Morgan fingerprint density at radius 3 is 2.38 bits per heavy atom. The zero-order valence-corrected chi connectivity index (χ0v) is 11.0. The number of hydrogen-bond donors (Lipinski definition) is 0. The number of ether oxygens (including phenoxy) is 1. The molecule has 1 rings (SSSR count). The fourth-order valence-electron chi connectivity index (χ4n) is 2.61. The molecule has 1 aliphatic carbocycles. The third kappa shape index (κ3) is 3.21. The summed E-state index contributed by atoms with van der Waals surface area (Å²) in [4.78, 5) is 13.6. The molecule has 0 aromatic carbocycles. The lowest BCUT2D eigenvalue weighted by molar-refractivity contribution is -0.146. The molecular weight excluding hydrogens is 202 g/mol. The maximum atomic E-state index is 11.5. The monoisotopic (exact) mass is 227 g/mol. The molecular formula is C13H25NO2. The summed E-state index contributed by atoms with van der Waals surface area (Å²) >= 11 is 0. The normalized spacial score (nSPS) is 27.8. The molecule has 1 unspecified atom stereocenters.